The number of para-hydroxylation sites is 1. The second-order valence-corrected chi connectivity index (χ2v) is 8.19. The number of amides is 1. The van der Waals surface area contributed by atoms with Gasteiger partial charge in [-0.15, -0.1) is 0 Å². The Morgan fingerprint density at radius 3 is 2.29 bits per heavy atom. The third kappa shape index (κ3) is 5.92. The van der Waals surface area contributed by atoms with Crippen LogP contribution in [0.5, 0.6) is 5.75 Å². The van der Waals surface area contributed by atoms with E-state index in [9.17, 15) is 32.3 Å². The zero-order valence-corrected chi connectivity index (χ0v) is 18.6. The van der Waals surface area contributed by atoms with Crippen LogP contribution in [0.3, 0.4) is 0 Å². The Bertz CT molecular complexity index is 920. The summed E-state index contributed by atoms with van der Waals surface area (Å²) in [7, 11) is 0. The summed E-state index contributed by atoms with van der Waals surface area (Å²) < 4.78 is 49.0. The molecule has 2 aliphatic heterocycles. The number of nitrogens with zero attached hydrogens (tertiary/aromatic N) is 2. The number of hydrogen-bond donors (Lipinski definition) is 1. The maximum absolute atomic E-state index is 13.1. The second kappa shape index (κ2) is 10.5. The van der Waals surface area contributed by atoms with Gasteiger partial charge in [0.25, 0.3) is 5.72 Å². The average Bonchev–Trinajstić information content (AvgIpc) is 2.79. The molecular weight excluding hydrogens is 459 g/mol. The highest BCUT2D eigenvalue weighted by atomic mass is 19.4. The molecule has 0 bridgehead atoms. The first-order valence-corrected chi connectivity index (χ1v) is 10.8. The van der Waals surface area contributed by atoms with Crippen LogP contribution in [0.25, 0.3) is 0 Å². The zero-order valence-electron chi connectivity index (χ0n) is 18.6. The van der Waals surface area contributed by atoms with Crippen LogP contribution >= 0.6 is 0 Å². The monoisotopic (exact) mass is 485 g/mol. The Morgan fingerprint density at radius 1 is 1.09 bits per heavy atom. The number of carbonyl (C=O) groups is 4. The Labute approximate surface area is 194 Å². The standard InChI is InChI=1S/C22H26F3N3O6/c1-15(29)21(34-20(32)22(23,24)25,13-19(31)33-17-5-3-2-4-6-17)28-12-11-27(14-18(28)30)16-7-9-26-10-8-16/h2-6,16,26H,7-14H2,1H3. The van der Waals surface area contributed by atoms with Crippen LogP contribution in [0.2, 0.25) is 0 Å². The van der Waals surface area contributed by atoms with Crippen LogP contribution in [-0.4, -0.2) is 84.1 Å². The van der Waals surface area contributed by atoms with E-state index < -0.39 is 42.0 Å². The van der Waals surface area contributed by atoms with E-state index in [4.69, 9.17) is 4.74 Å². The first-order chi connectivity index (χ1) is 16.0. The summed E-state index contributed by atoms with van der Waals surface area (Å²) in [6.07, 6.45) is -4.95. The van der Waals surface area contributed by atoms with E-state index in [0.717, 1.165) is 37.8 Å². The van der Waals surface area contributed by atoms with Crippen molar-refractivity contribution in [3.63, 3.8) is 0 Å². The highest BCUT2D eigenvalue weighted by molar-refractivity contribution is 5.96. The lowest BCUT2D eigenvalue weighted by Gasteiger charge is -2.46. The number of alkyl halides is 3. The van der Waals surface area contributed by atoms with Gasteiger partial charge >= 0.3 is 18.1 Å². The molecule has 0 spiro atoms. The molecule has 2 saturated heterocycles. The minimum absolute atomic E-state index is 0.0779. The molecule has 1 amide bonds. The molecule has 1 atom stereocenters. The third-order valence-electron chi connectivity index (χ3n) is 5.91. The molecule has 0 aromatic heterocycles. The van der Waals surface area contributed by atoms with Gasteiger partial charge in [0.1, 0.15) is 12.2 Å². The molecule has 1 aromatic rings. The lowest BCUT2D eigenvalue weighted by Crippen LogP contribution is -2.67. The number of ether oxygens (including phenoxy) is 2. The molecule has 0 radical (unpaired) electrons. The quantitative estimate of drug-likeness (QED) is 0.455. The van der Waals surface area contributed by atoms with E-state index in [-0.39, 0.29) is 31.4 Å². The van der Waals surface area contributed by atoms with Crippen molar-refractivity contribution in [3.05, 3.63) is 30.3 Å². The van der Waals surface area contributed by atoms with Crippen LogP contribution in [0.4, 0.5) is 13.2 Å². The molecule has 186 valence electrons. The van der Waals surface area contributed by atoms with E-state index >= 15 is 0 Å². The Kier molecular flexibility index (Phi) is 7.93. The molecular formula is C22H26F3N3O6. The van der Waals surface area contributed by atoms with Gasteiger partial charge in [0.05, 0.1) is 6.54 Å². The average molecular weight is 485 g/mol. The maximum atomic E-state index is 13.1. The van der Waals surface area contributed by atoms with Crippen molar-refractivity contribution >= 4 is 23.6 Å². The predicted octanol–water partition coefficient (Wildman–Crippen LogP) is 1.27. The number of Topliss-reactive ketones (excluding diaryl/α,β-unsaturated/α-hetero) is 1. The molecule has 1 N–H and O–H groups in total. The first kappa shape index (κ1) is 25.6. The van der Waals surface area contributed by atoms with Gasteiger partial charge in [-0.05, 0) is 38.1 Å². The molecule has 12 heteroatoms. The predicted molar refractivity (Wildman–Crippen MR) is 111 cm³/mol. The molecule has 9 nitrogen and oxygen atoms in total. The summed E-state index contributed by atoms with van der Waals surface area (Å²) in [6.45, 7) is 2.26. The maximum Gasteiger partial charge on any atom is 0.491 e. The molecule has 34 heavy (non-hydrogen) atoms. The summed E-state index contributed by atoms with van der Waals surface area (Å²) in [5.41, 5.74) is -2.78. The summed E-state index contributed by atoms with van der Waals surface area (Å²) in [6, 6.07) is 7.74. The molecule has 1 aromatic carbocycles. The van der Waals surface area contributed by atoms with Gasteiger partial charge in [-0.1, -0.05) is 18.2 Å². The molecule has 2 heterocycles. The Hall–Kier alpha value is -2.99. The van der Waals surface area contributed by atoms with Crippen LogP contribution in [0.1, 0.15) is 26.2 Å². The number of rotatable bonds is 7. The number of ketones is 1. The van der Waals surface area contributed by atoms with Crippen molar-refractivity contribution in [3.8, 4) is 5.75 Å². The fraction of sp³-hybridized carbons (Fsp3) is 0.545. The molecule has 0 aliphatic carbocycles. The number of hydrogen-bond acceptors (Lipinski definition) is 8. The van der Waals surface area contributed by atoms with Gasteiger partial charge in [0, 0.05) is 26.1 Å². The second-order valence-electron chi connectivity index (χ2n) is 8.19. The van der Waals surface area contributed by atoms with E-state index in [1.54, 1.807) is 18.2 Å². The fourth-order valence-corrected chi connectivity index (χ4v) is 4.19. The van der Waals surface area contributed by atoms with E-state index in [1.165, 1.54) is 12.1 Å². The molecule has 2 aliphatic rings. The van der Waals surface area contributed by atoms with Gasteiger partial charge < -0.3 is 14.8 Å². The van der Waals surface area contributed by atoms with Crippen molar-refractivity contribution in [2.45, 2.75) is 44.1 Å². The first-order valence-electron chi connectivity index (χ1n) is 10.8. The van der Waals surface area contributed by atoms with Crippen molar-refractivity contribution in [1.82, 2.24) is 15.1 Å². The van der Waals surface area contributed by atoms with Crippen LogP contribution in [0, 0.1) is 0 Å². The lowest BCUT2D eigenvalue weighted by molar-refractivity contribution is -0.232. The highest BCUT2D eigenvalue weighted by Crippen LogP contribution is 2.31. The van der Waals surface area contributed by atoms with Gasteiger partial charge in [-0.3, -0.25) is 24.2 Å². The molecule has 3 rings (SSSR count). The number of carbonyl (C=O) groups excluding carboxylic acids is 4. The topological polar surface area (TPSA) is 105 Å². The van der Waals surface area contributed by atoms with Gasteiger partial charge in [0.15, 0.2) is 5.78 Å². The van der Waals surface area contributed by atoms with Crippen molar-refractivity contribution < 1.29 is 41.8 Å². The largest absolute Gasteiger partial charge is 0.491 e. The smallest absolute Gasteiger partial charge is 0.426 e. The molecule has 1 unspecified atom stereocenters. The fourth-order valence-electron chi connectivity index (χ4n) is 4.19. The Morgan fingerprint density at radius 2 is 1.74 bits per heavy atom. The summed E-state index contributed by atoms with van der Waals surface area (Å²) in [4.78, 5) is 52.8. The van der Waals surface area contributed by atoms with Crippen molar-refractivity contribution in [2.24, 2.45) is 0 Å². The number of benzene rings is 1. The SMILES string of the molecule is CC(=O)C(CC(=O)Oc1ccccc1)(OC(=O)C(F)(F)F)N1CCN(C2CCNCC2)CC1=O. The summed E-state index contributed by atoms with van der Waals surface area (Å²) in [5.74, 6) is -5.55. The number of esters is 2. The lowest BCUT2D eigenvalue weighted by atomic mass is 9.99. The summed E-state index contributed by atoms with van der Waals surface area (Å²) in [5, 5.41) is 3.21. The van der Waals surface area contributed by atoms with Crippen LogP contribution < -0.4 is 10.1 Å². The van der Waals surface area contributed by atoms with Gasteiger partial charge in [-0.2, -0.15) is 13.2 Å². The Balaban J connectivity index is 1.86. The normalized spacial score (nSPS) is 19.9. The van der Waals surface area contributed by atoms with E-state index in [0.29, 0.717) is 0 Å². The van der Waals surface area contributed by atoms with Crippen LogP contribution in [0.15, 0.2) is 30.3 Å². The third-order valence-corrected chi connectivity index (χ3v) is 5.91. The number of halogens is 3. The van der Waals surface area contributed by atoms with Crippen molar-refractivity contribution in [2.75, 3.05) is 32.7 Å². The van der Waals surface area contributed by atoms with Crippen molar-refractivity contribution in [1.29, 1.82) is 0 Å². The number of nitrogens with one attached hydrogen (secondary N) is 1. The molecule has 0 saturated carbocycles. The highest BCUT2D eigenvalue weighted by Gasteiger charge is 2.55. The molecule has 2 fully saturated rings. The number of piperidine rings is 1. The minimum atomic E-state index is -5.44. The summed E-state index contributed by atoms with van der Waals surface area (Å²) >= 11 is 0. The van der Waals surface area contributed by atoms with Gasteiger partial charge in [-0.25, -0.2) is 4.79 Å². The van der Waals surface area contributed by atoms with E-state index in [2.05, 4.69) is 10.1 Å². The van der Waals surface area contributed by atoms with E-state index in [1.807, 2.05) is 4.90 Å². The zero-order chi connectivity index (χ0) is 24.9. The van der Waals surface area contributed by atoms with Crippen LogP contribution in [-0.2, 0) is 23.9 Å². The number of piperazine rings is 1. The van der Waals surface area contributed by atoms with Gasteiger partial charge in [0.2, 0.25) is 5.91 Å². The minimum Gasteiger partial charge on any atom is -0.426 e.